The average Bonchev–Trinajstić information content (AvgIpc) is 2.46. The van der Waals surface area contributed by atoms with E-state index in [1.54, 1.807) is 0 Å². The molecule has 0 bridgehead atoms. The summed E-state index contributed by atoms with van der Waals surface area (Å²) in [4.78, 5) is 1.91. The normalized spacial score (nSPS) is 38.3. The SMILES string of the molecule is C1CCC(OC[C@@H]2CCC[NH+]3CCCC[C@H]23)CC1. The lowest BCUT2D eigenvalue weighted by atomic mass is 9.84. The van der Waals surface area contributed by atoms with Crippen LogP contribution in [0.15, 0.2) is 0 Å². The molecule has 0 amide bonds. The predicted molar refractivity (Wildman–Crippen MR) is 73.9 cm³/mol. The van der Waals surface area contributed by atoms with Crippen molar-refractivity contribution in [1.82, 2.24) is 0 Å². The summed E-state index contributed by atoms with van der Waals surface area (Å²) in [6, 6.07) is 0.941. The standard InChI is InChI=1S/C16H29NO/c1-2-8-15(9-3-1)18-13-14-7-6-12-17-11-5-4-10-16(14)17/h14-16H,1-13H2/p+1/t14-,16+/m0/s1. The smallest absolute Gasteiger partial charge is 0.0925 e. The topological polar surface area (TPSA) is 13.7 Å². The van der Waals surface area contributed by atoms with Crippen LogP contribution in [0.4, 0.5) is 0 Å². The molecule has 2 nitrogen and oxygen atoms in total. The van der Waals surface area contributed by atoms with E-state index < -0.39 is 0 Å². The van der Waals surface area contributed by atoms with Gasteiger partial charge in [0.05, 0.1) is 31.8 Å². The zero-order valence-corrected chi connectivity index (χ0v) is 11.8. The molecule has 104 valence electrons. The van der Waals surface area contributed by atoms with Gasteiger partial charge >= 0.3 is 0 Å². The molecular formula is C16H30NO+. The third kappa shape index (κ3) is 3.08. The maximum absolute atomic E-state index is 6.26. The van der Waals surface area contributed by atoms with E-state index in [2.05, 4.69) is 0 Å². The van der Waals surface area contributed by atoms with E-state index in [0.717, 1.165) is 18.6 Å². The maximum Gasteiger partial charge on any atom is 0.0925 e. The van der Waals surface area contributed by atoms with Gasteiger partial charge in [-0.05, 0) is 44.9 Å². The van der Waals surface area contributed by atoms with Gasteiger partial charge in [0, 0.05) is 5.92 Å². The fourth-order valence-electron chi connectivity index (χ4n) is 4.47. The van der Waals surface area contributed by atoms with Crippen molar-refractivity contribution in [3.8, 4) is 0 Å². The molecule has 1 unspecified atom stereocenters. The van der Waals surface area contributed by atoms with Crippen LogP contribution in [0.5, 0.6) is 0 Å². The number of piperidine rings is 2. The van der Waals surface area contributed by atoms with Gasteiger partial charge in [0.2, 0.25) is 0 Å². The van der Waals surface area contributed by atoms with Crippen molar-refractivity contribution in [3.63, 3.8) is 0 Å². The van der Waals surface area contributed by atoms with Crippen LogP contribution in [0.2, 0.25) is 0 Å². The summed E-state index contributed by atoms with van der Waals surface area (Å²) in [5.41, 5.74) is 0. The molecule has 2 aliphatic heterocycles. The lowest BCUT2D eigenvalue weighted by Crippen LogP contribution is -3.18. The van der Waals surface area contributed by atoms with Crippen LogP contribution in [-0.2, 0) is 4.74 Å². The van der Waals surface area contributed by atoms with Gasteiger partial charge in [0.15, 0.2) is 0 Å². The van der Waals surface area contributed by atoms with Crippen LogP contribution in [0.1, 0.15) is 64.2 Å². The van der Waals surface area contributed by atoms with E-state index in [1.165, 1.54) is 77.3 Å². The Bertz CT molecular complexity index is 247. The fourth-order valence-corrected chi connectivity index (χ4v) is 4.47. The minimum absolute atomic E-state index is 0.604. The molecule has 3 atom stereocenters. The molecule has 1 saturated carbocycles. The van der Waals surface area contributed by atoms with E-state index in [4.69, 9.17) is 4.74 Å². The Morgan fingerprint density at radius 1 is 0.778 bits per heavy atom. The van der Waals surface area contributed by atoms with E-state index in [0.29, 0.717) is 6.10 Å². The Balaban J connectivity index is 1.48. The summed E-state index contributed by atoms with van der Waals surface area (Å²) < 4.78 is 6.26. The van der Waals surface area contributed by atoms with Gasteiger partial charge in [-0.3, -0.25) is 0 Å². The fraction of sp³-hybridized carbons (Fsp3) is 1.00. The van der Waals surface area contributed by atoms with Gasteiger partial charge in [-0.25, -0.2) is 0 Å². The number of quaternary nitrogens is 1. The Kier molecular flexibility index (Phi) is 4.58. The highest BCUT2D eigenvalue weighted by atomic mass is 16.5. The molecule has 1 aliphatic carbocycles. The highest BCUT2D eigenvalue weighted by Crippen LogP contribution is 2.24. The van der Waals surface area contributed by atoms with Gasteiger partial charge in [0.25, 0.3) is 0 Å². The number of nitrogens with one attached hydrogen (secondary N) is 1. The molecule has 2 heterocycles. The summed E-state index contributed by atoms with van der Waals surface area (Å²) in [6.07, 6.45) is 14.8. The van der Waals surface area contributed by atoms with Crippen molar-refractivity contribution in [2.24, 2.45) is 5.92 Å². The first-order chi connectivity index (χ1) is 8.93. The average molecular weight is 252 g/mol. The second-order valence-electron chi connectivity index (χ2n) is 6.76. The lowest BCUT2D eigenvalue weighted by molar-refractivity contribution is -0.940. The second-order valence-corrected chi connectivity index (χ2v) is 6.76. The Hall–Kier alpha value is -0.0800. The number of rotatable bonds is 3. The summed E-state index contributed by atoms with van der Waals surface area (Å²) in [5, 5.41) is 0. The molecule has 2 heteroatoms. The number of hydrogen-bond donors (Lipinski definition) is 1. The van der Waals surface area contributed by atoms with Gasteiger partial charge < -0.3 is 9.64 Å². The zero-order valence-electron chi connectivity index (χ0n) is 11.8. The molecule has 0 radical (unpaired) electrons. The molecule has 3 aliphatic rings. The zero-order chi connectivity index (χ0) is 12.2. The summed E-state index contributed by atoms with van der Waals surface area (Å²) in [6.45, 7) is 3.94. The number of hydrogen-bond acceptors (Lipinski definition) is 1. The van der Waals surface area contributed by atoms with Crippen LogP contribution in [-0.4, -0.2) is 31.8 Å². The van der Waals surface area contributed by atoms with Crippen molar-refractivity contribution in [2.45, 2.75) is 76.4 Å². The molecule has 0 aromatic rings. The van der Waals surface area contributed by atoms with Crippen molar-refractivity contribution in [1.29, 1.82) is 0 Å². The first-order valence-electron chi connectivity index (χ1n) is 8.39. The van der Waals surface area contributed by atoms with Crippen molar-refractivity contribution in [3.05, 3.63) is 0 Å². The summed E-state index contributed by atoms with van der Waals surface area (Å²) >= 11 is 0. The first kappa shape index (κ1) is 12.9. The Morgan fingerprint density at radius 2 is 1.56 bits per heavy atom. The van der Waals surface area contributed by atoms with Gasteiger partial charge in [-0.15, -0.1) is 0 Å². The third-order valence-corrected chi connectivity index (χ3v) is 5.53. The van der Waals surface area contributed by atoms with Crippen LogP contribution in [0, 0.1) is 5.92 Å². The van der Waals surface area contributed by atoms with E-state index in [-0.39, 0.29) is 0 Å². The molecule has 0 aromatic carbocycles. The minimum Gasteiger partial charge on any atom is -0.378 e. The second kappa shape index (κ2) is 6.38. The van der Waals surface area contributed by atoms with Crippen LogP contribution in [0.25, 0.3) is 0 Å². The molecule has 3 rings (SSSR count). The lowest BCUT2D eigenvalue weighted by Gasteiger charge is -2.41. The maximum atomic E-state index is 6.26. The van der Waals surface area contributed by atoms with E-state index >= 15 is 0 Å². The van der Waals surface area contributed by atoms with Crippen LogP contribution in [0.3, 0.4) is 0 Å². The Labute approximate surface area is 112 Å². The van der Waals surface area contributed by atoms with E-state index in [1.807, 2.05) is 4.90 Å². The van der Waals surface area contributed by atoms with Gasteiger partial charge in [-0.2, -0.15) is 0 Å². The van der Waals surface area contributed by atoms with Gasteiger partial charge in [0.1, 0.15) is 0 Å². The van der Waals surface area contributed by atoms with Crippen molar-refractivity contribution >= 4 is 0 Å². The highest BCUT2D eigenvalue weighted by molar-refractivity contribution is 4.76. The molecule has 3 fully saturated rings. The monoisotopic (exact) mass is 252 g/mol. The summed E-state index contributed by atoms with van der Waals surface area (Å²) in [7, 11) is 0. The third-order valence-electron chi connectivity index (χ3n) is 5.53. The molecule has 2 saturated heterocycles. The molecule has 18 heavy (non-hydrogen) atoms. The van der Waals surface area contributed by atoms with Crippen LogP contribution < -0.4 is 4.90 Å². The molecule has 0 spiro atoms. The highest BCUT2D eigenvalue weighted by Gasteiger charge is 2.36. The number of fused-ring (bicyclic) bond motifs is 1. The quantitative estimate of drug-likeness (QED) is 0.813. The largest absolute Gasteiger partial charge is 0.378 e. The number of ether oxygens (including phenoxy) is 1. The summed E-state index contributed by atoms with van der Waals surface area (Å²) in [5.74, 6) is 0.871. The van der Waals surface area contributed by atoms with E-state index in [9.17, 15) is 0 Å². The van der Waals surface area contributed by atoms with Crippen molar-refractivity contribution < 1.29 is 9.64 Å². The van der Waals surface area contributed by atoms with Gasteiger partial charge in [-0.1, -0.05) is 19.3 Å². The first-order valence-corrected chi connectivity index (χ1v) is 8.39. The molecule has 1 N–H and O–H groups in total. The van der Waals surface area contributed by atoms with Crippen LogP contribution >= 0.6 is 0 Å². The molecular weight excluding hydrogens is 222 g/mol. The minimum atomic E-state index is 0.604. The predicted octanol–water partition coefficient (Wildman–Crippen LogP) is 2.18. The molecule has 0 aromatic heterocycles. The van der Waals surface area contributed by atoms with Crippen molar-refractivity contribution in [2.75, 3.05) is 19.7 Å². The Morgan fingerprint density at radius 3 is 2.44 bits per heavy atom.